The number of nitro groups is 1. The lowest BCUT2D eigenvalue weighted by atomic mass is 10.2. The van der Waals surface area contributed by atoms with Gasteiger partial charge in [0.05, 0.1) is 29.4 Å². The number of benzene rings is 2. The highest BCUT2D eigenvalue weighted by Gasteiger charge is 2.12. The number of ether oxygens (including phenoxy) is 2. The minimum absolute atomic E-state index is 0.0631. The number of hydrogen-bond donors (Lipinski definition) is 0. The van der Waals surface area contributed by atoms with Crippen LogP contribution >= 0.6 is 11.3 Å². The number of aromatic nitrogens is 1. The van der Waals surface area contributed by atoms with Gasteiger partial charge < -0.3 is 9.47 Å². The van der Waals surface area contributed by atoms with E-state index in [9.17, 15) is 10.1 Å². The van der Waals surface area contributed by atoms with Crippen molar-refractivity contribution >= 4 is 27.2 Å². The highest BCUT2D eigenvalue weighted by Crippen LogP contribution is 2.37. The molecule has 0 saturated carbocycles. The third-order valence-electron chi connectivity index (χ3n) is 3.22. The Bertz CT molecular complexity index is 802. The summed E-state index contributed by atoms with van der Waals surface area (Å²) in [5, 5.41) is 11.5. The van der Waals surface area contributed by atoms with Gasteiger partial charge in [0.15, 0.2) is 11.5 Å². The van der Waals surface area contributed by atoms with Crippen molar-refractivity contribution in [2.45, 2.75) is 0 Å². The van der Waals surface area contributed by atoms with Crippen LogP contribution in [-0.4, -0.2) is 24.1 Å². The van der Waals surface area contributed by atoms with Crippen LogP contribution in [0.15, 0.2) is 36.4 Å². The van der Waals surface area contributed by atoms with Crippen molar-refractivity contribution in [3.8, 4) is 22.1 Å². The van der Waals surface area contributed by atoms with Crippen LogP contribution in [0.2, 0.25) is 0 Å². The van der Waals surface area contributed by atoms with Gasteiger partial charge in [0.1, 0.15) is 5.01 Å². The zero-order chi connectivity index (χ0) is 15.7. The van der Waals surface area contributed by atoms with E-state index in [4.69, 9.17) is 9.47 Å². The predicted octanol–water partition coefficient (Wildman–Crippen LogP) is 3.89. The molecule has 0 radical (unpaired) electrons. The second kappa shape index (κ2) is 5.61. The fourth-order valence-electron chi connectivity index (χ4n) is 2.10. The van der Waals surface area contributed by atoms with E-state index in [0.29, 0.717) is 11.5 Å². The number of fused-ring (bicyclic) bond motifs is 1. The number of non-ortho nitro benzene ring substituents is 1. The van der Waals surface area contributed by atoms with E-state index in [1.54, 1.807) is 26.4 Å². The van der Waals surface area contributed by atoms with E-state index in [1.165, 1.54) is 23.5 Å². The van der Waals surface area contributed by atoms with Crippen molar-refractivity contribution in [2.75, 3.05) is 14.2 Å². The second-order valence-corrected chi connectivity index (χ2v) is 5.53. The molecule has 0 saturated heterocycles. The molecule has 1 aromatic heterocycles. The molecule has 6 nitrogen and oxygen atoms in total. The van der Waals surface area contributed by atoms with Crippen LogP contribution in [0.25, 0.3) is 20.8 Å². The minimum atomic E-state index is -0.419. The van der Waals surface area contributed by atoms with Crippen LogP contribution in [0.5, 0.6) is 11.5 Å². The highest BCUT2D eigenvalue weighted by molar-refractivity contribution is 7.21. The van der Waals surface area contributed by atoms with Gasteiger partial charge >= 0.3 is 0 Å². The summed E-state index contributed by atoms with van der Waals surface area (Å²) in [5.74, 6) is 1.27. The minimum Gasteiger partial charge on any atom is -0.493 e. The standard InChI is InChI=1S/C15H12N2O4S/c1-20-12-7-11-14(8-13(12)21-2)22-15(16-11)9-3-5-10(6-4-9)17(18)19/h3-8H,1-2H3. The summed E-state index contributed by atoms with van der Waals surface area (Å²) in [6.07, 6.45) is 0. The molecule has 2 aromatic carbocycles. The average Bonchev–Trinajstić information content (AvgIpc) is 2.96. The molecular formula is C15H12N2O4S. The largest absolute Gasteiger partial charge is 0.493 e. The molecule has 0 aliphatic heterocycles. The molecule has 0 amide bonds. The van der Waals surface area contributed by atoms with E-state index in [-0.39, 0.29) is 5.69 Å². The van der Waals surface area contributed by atoms with E-state index < -0.39 is 4.92 Å². The van der Waals surface area contributed by atoms with E-state index in [1.807, 2.05) is 12.1 Å². The van der Waals surface area contributed by atoms with Crippen LogP contribution in [0.4, 0.5) is 5.69 Å². The first-order chi connectivity index (χ1) is 10.6. The van der Waals surface area contributed by atoms with Crippen molar-refractivity contribution in [3.63, 3.8) is 0 Å². The molecule has 0 spiro atoms. The first kappa shape index (κ1) is 14.3. The quantitative estimate of drug-likeness (QED) is 0.539. The summed E-state index contributed by atoms with van der Waals surface area (Å²) in [5.41, 5.74) is 1.70. The Morgan fingerprint density at radius 1 is 1.09 bits per heavy atom. The molecule has 0 aliphatic carbocycles. The Morgan fingerprint density at radius 3 is 2.32 bits per heavy atom. The molecule has 3 rings (SSSR count). The van der Waals surface area contributed by atoms with Crippen molar-refractivity contribution in [2.24, 2.45) is 0 Å². The molecule has 0 unspecified atom stereocenters. The lowest BCUT2D eigenvalue weighted by Gasteiger charge is -2.05. The molecule has 112 valence electrons. The molecule has 1 heterocycles. The third kappa shape index (κ3) is 2.46. The van der Waals surface area contributed by atoms with Gasteiger partial charge in [-0.05, 0) is 12.1 Å². The Kier molecular flexibility index (Phi) is 3.64. The van der Waals surface area contributed by atoms with Gasteiger partial charge in [-0.3, -0.25) is 10.1 Å². The van der Waals surface area contributed by atoms with Crippen LogP contribution in [0, 0.1) is 10.1 Å². The van der Waals surface area contributed by atoms with Crippen LogP contribution in [0.1, 0.15) is 0 Å². The maximum atomic E-state index is 10.7. The summed E-state index contributed by atoms with van der Waals surface area (Å²) >= 11 is 1.50. The van der Waals surface area contributed by atoms with Crippen molar-refractivity contribution < 1.29 is 14.4 Å². The van der Waals surface area contributed by atoms with Gasteiger partial charge in [-0.2, -0.15) is 0 Å². The first-order valence-electron chi connectivity index (χ1n) is 6.40. The van der Waals surface area contributed by atoms with Crippen molar-refractivity contribution in [3.05, 3.63) is 46.5 Å². The second-order valence-electron chi connectivity index (χ2n) is 4.50. The SMILES string of the molecule is COc1cc2nc(-c3ccc([N+](=O)[O-])cc3)sc2cc1OC. The van der Waals surface area contributed by atoms with Gasteiger partial charge in [0.2, 0.25) is 0 Å². The molecule has 0 fully saturated rings. The maximum Gasteiger partial charge on any atom is 0.269 e. The van der Waals surface area contributed by atoms with Gasteiger partial charge in [0, 0.05) is 29.8 Å². The maximum absolute atomic E-state index is 10.7. The molecule has 7 heteroatoms. The summed E-state index contributed by atoms with van der Waals surface area (Å²) in [6, 6.07) is 10.0. The van der Waals surface area contributed by atoms with Gasteiger partial charge in [0.25, 0.3) is 5.69 Å². The number of nitrogens with zero attached hydrogens (tertiary/aromatic N) is 2. The molecular weight excluding hydrogens is 304 g/mol. The molecule has 0 N–H and O–H groups in total. The fourth-order valence-corrected chi connectivity index (χ4v) is 3.09. The lowest BCUT2D eigenvalue weighted by Crippen LogP contribution is -1.89. The Hall–Kier alpha value is -2.67. The topological polar surface area (TPSA) is 74.5 Å². The summed E-state index contributed by atoms with van der Waals surface area (Å²) < 4.78 is 11.5. The Labute approximate surface area is 130 Å². The smallest absolute Gasteiger partial charge is 0.269 e. The monoisotopic (exact) mass is 316 g/mol. The zero-order valence-corrected chi connectivity index (χ0v) is 12.7. The van der Waals surface area contributed by atoms with Crippen molar-refractivity contribution in [1.29, 1.82) is 0 Å². The zero-order valence-electron chi connectivity index (χ0n) is 11.9. The van der Waals surface area contributed by atoms with Crippen LogP contribution in [0.3, 0.4) is 0 Å². The number of nitro benzene ring substituents is 1. The number of rotatable bonds is 4. The van der Waals surface area contributed by atoms with Gasteiger partial charge in [-0.25, -0.2) is 4.98 Å². The van der Waals surface area contributed by atoms with E-state index in [0.717, 1.165) is 20.8 Å². The van der Waals surface area contributed by atoms with Crippen LogP contribution in [-0.2, 0) is 0 Å². The lowest BCUT2D eigenvalue weighted by molar-refractivity contribution is -0.384. The number of methoxy groups -OCH3 is 2. The molecule has 0 bridgehead atoms. The summed E-state index contributed by atoms with van der Waals surface area (Å²) in [7, 11) is 3.16. The number of thiazole rings is 1. The van der Waals surface area contributed by atoms with E-state index >= 15 is 0 Å². The summed E-state index contributed by atoms with van der Waals surface area (Å²) in [6.45, 7) is 0. The third-order valence-corrected chi connectivity index (χ3v) is 4.29. The highest BCUT2D eigenvalue weighted by atomic mass is 32.1. The Balaban J connectivity index is 2.06. The summed E-state index contributed by atoms with van der Waals surface area (Å²) in [4.78, 5) is 14.8. The van der Waals surface area contributed by atoms with Crippen molar-refractivity contribution in [1.82, 2.24) is 4.98 Å². The predicted molar refractivity (Wildman–Crippen MR) is 84.8 cm³/mol. The normalized spacial score (nSPS) is 10.6. The average molecular weight is 316 g/mol. The fraction of sp³-hybridized carbons (Fsp3) is 0.133. The van der Waals surface area contributed by atoms with E-state index in [2.05, 4.69) is 4.98 Å². The Morgan fingerprint density at radius 2 is 1.73 bits per heavy atom. The molecule has 0 atom stereocenters. The first-order valence-corrected chi connectivity index (χ1v) is 7.21. The van der Waals surface area contributed by atoms with Gasteiger partial charge in [-0.15, -0.1) is 11.3 Å². The molecule has 22 heavy (non-hydrogen) atoms. The molecule has 0 aliphatic rings. The number of hydrogen-bond acceptors (Lipinski definition) is 6. The molecule has 3 aromatic rings. The van der Waals surface area contributed by atoms with Crippen LogP contribution < -0.4 is 9.47 Å². The van der Waals surface area contributed by atoms with Gasteiger partial charge in [-0.1, -0.05) is 0 Å².